The van der Waals surface area contributed by atoms with Crippen molar-refractivity contribution in [3.8, 4) is 5.75 Å². The van der Waals surface area contributed by atoms with Gasteiger partial charge in [-0.3, -0.25) is 4.79 Å². The second kappa shape index (κ2) is 8.17. The number of ether oxygens (including phenoxy) is 2. The summed E-state index contributed by atoms with van der Waals surface area (Å²) in [6.45, 7) is 2.31. The van der Waals surface area contributed by atoms with E-state index in [2.05, 4.69) is 11.4 Å². The molecule has 1 aliphatic rings. The van der Waals surface area contributed by atoms with Crippen LogP contribution in [0, 0.1) is 0 Å². The predicted molar refractivity (Wildman–Crippen MR) is 99.0 cm³/mol. The van der Waals surface area contributed by atoms with Crippen molar-refractivity contribution in [3.05, 3.63) is 59.2 Å². The first kappa shape index (κ1) is 17.5. The second-order valence-corrected chi connectivity index (χ2v) is 6.48. The van der Waals surface area contributed by atoms with E-state index in [0.29, 0.717) is 6.61 Å². The Hall–Kier alpha value is -2.33. The van der Waals surface area contributed by atoms with E-state index in [4.69, 9.17) is 9.47 Å². The van der Waals surface area contributed by atoms with Crippen LogP contribution >= 0.6 is 0 Å². The van der Waals surface area contributed by atoms with Gasteiger partial charge in [-0.1, -0.05) is 24.3 Å². The minimum atomic E-state index is -0.556. The molecule has 0 radical (unpaired) electrons. The number of rotatable bonds is 6. The Bertz CT molecular complexity index is 742. The fourth-order valence-electron chi connectivity index (χ4n) is 3.25. The van der Waals surface area contributed by atoms with Crippen molar-refractivity contribution in [1.82, 2.24) is 0 Å². The molecule has 0 aliphatic heterocycles. The number of hydrogen-bond acceptors (Lipinski definition) is 3. The normalized spacial score (nSPS) is 14.5. The van der Waals surface area contributed by atoms with Crippen LogP contribution in [0.25, 0.3) is 0 Å². The van der Waals surface area contributed by atoms with Crippen molar-refractivity contribution < 1.29 is 14.3 Å². The van der Waals surface area contributed by atoms with E-state index in [1.165, 1.54) is 24.0 Å². The predicted octanol–water partition coefficient (Wildman–Crippen LogP) is 4.12. The Balaban J connectivity index is 1.66. The van der Waals surface area contributed by atoms with Gasteiger partial charge in [-0.25, -0.2) is 0 Å². The van der Waals surface area contributed by atoms with Crippen LogP contribution in [-0.2, 0) is 29.0 Å². The van der Waals surface area contributed by atoms with E-state index >= 15 is 0 Å². The molecule has 25 heavy (non-hydrogen) atoms. The maximum absolute atomic E-state index is 12.5. The molecule has 0 heterocycles. The van der Waals surface area contributed by atoms with Crippen LogP contribution in [0.15, 0.2) is 42.5 Å². The third-order valence-corrected chi connectivity index (χ3v) is 4.53. The van der Waals surface area contributed by atoms with Crippen LogP contribution in [0.1, 0.15) is 36.5 Å². The van der Waals surface area contributed by atoms with Gasteiger partial charge in [0.25, 0.3) is 5.91 Å². The van der Waals surface area contributed by atoms with Gasteiger partial charge in [0.1, 0.15) is 5.75 Å². The monoisotopic (exact) mass is 339 g/mol. The van der Waals surface area contributed by atoms with E-state index in [-0.39, 0.29) is 5.91 Å². The van der Waals surface area contributed by atoms with Crippen LogP contribution in [0.5, 0.6) is 5.75 Å². The summed E-state index contributed by atoms with van der Waals surface area (Å²) in [6, 6.07) is 13.8. The van der Waals surface area contributed by atoms with E-state index < -0.39 is 6.10 Å². The van der Waals surface area contributed by atoms with Gasteiger partial charge in [-0.05, 0) is 67.5 Å². The van der Waals surface area contributed by atoms with E-state index in [1.807, 2.05) is 36.4 Å². The summed E-state index contributed by atoms with van der Waals surface area (Å²) in [4.78, 5) is 12.5. The number of amides is 1. The van der Waals surface area contributed by atoms with Gasteiger partial charge < -0.3 is 14.8 Å². The molecule has 0 fully saturated rings. The highest BCUT2D eigenvalue weighted by molar-refractivity contribution is 5.94. The Morgan fingerprint density at radius 1 is 1.16 bits per heavy atom. The van der Waals surface area contributed by atoms with Gasteiger partial charge in [0.05, 0.1) is 6.61 Å². The first-order valence-corrected chi connectivity index (χ1v) is 8.83. The summed E-state index contributed by atoms with van der Waals surface area (Å²) in [6.07, 6.45) is 3.97. The lowest BCUT2D eigenvalue weighted by atomic mass is 9.91. The van der Waals surface area contributed by atoms with Crippen LogP contribution in [-0.4, -0.2) is 19.1 Å². The summed E-state index contributed by atoms with van der Waals surface area (Å²) in [5, 5.41) is 2.92. The van der Waals surface area contributed by atoms with Gasteiger partial charge in [0.2, 0.25) is 0 Å². The molecule has 1 N–H and O–H groups in total. The van der Waals surface area contributed by atoms with E-state index in [0.717, 1.165) is 29.8 Å². The molecule has 0 saturated carbocycles. The number of fused-ring (bicyclic) bond motifs is 1. The summed E-state index contributed by atoms with van der Waals surface area (Å²) >= 11 is 0. The number of carbonyl (C=O) groups excluding carboxylic acids is 1. The highest BCUT2D eigenvalue weighted by atomic mass is 16.5. The fourth-order valence-corrected chi connectivity index (χ4v) is 3.25. The number of aryl methyl sites for hydroxylation is 1. The Morgan fingerprint density at radius 3 is 2.80 bits per heavy atom. The first-order valence-electron chi connectivity index (χ1n) is 8.83. The van der Waals surface area contributed by atoms with Gasteiger partial charge in [0, 0.05) is 12.8 Å². The third kappa shape index (κ3) is 4.40. The fraction of sp³-hybridized carbons (Fsp3) is 0.381. The van der Waals surface area contributed by atoms with E-state index in [1.54, 1.807) is 14.0 Å². The van der Waals surface area contributed by atoms with Crippen molar-refractivity contribution >= 4 is 11.6 Å². The largest absolute Gasteiger partial charge is 0.481 e. The van der Waals surface area contributed by atoms with Crippen molar-refractivity contribution in [2.45, 2.75) is 45.3 Å². The maximum Gasteiger partial charge on any atom is 0.265 e. The van der Waals surface area contributed by atoms with Gasteiger partial charge in [0.15, 0.2) is 6.10 Å². The molecule has 2 aromatic carbocycles. The number of anilines is 1. The molecule has 1 unspecified atom stereocenters. The summed E-state index contributed by atoms with van der Waals surface area (Å²) in [5.41, 5.74) is 4.38. The summed E-state index contributed by atoms with van der Waals surface area (Å²) < 4.78 is 11.1. The number of methoxy groups -OCH3 is 1. The van der Waals surface area contributed by atoms with Gasteiger partial charge >= 0.3 is 0 Å². The highest BCUT2D eigenvalue weighted by Crippen LogP contribution is 2.30. The van der Waals surface area contributed by atoms with Crippen LogP contribution < -0.4 is 10.1 Å². The van der Waals surface area contributed by atoms with Crippen molar-refractivity contribution in [1.29, 1.82) is 0 Å². The standard InChI is InChI=1S/C21H25NO3/c1-15(21(23)22-18-10-5-7-16(13-18)14-24-2)25-20-12-6-9-17-8-3-4-11-19(17)20/h5-7,9-10,12-13,15H,3-4,8,11,14H2,1-2H3,(H,22,23). The van der Waals surface area contributed by atoms with Gasteiger partial charge in [-0.2, -0.15) is 0 Å². The quantitative estimate of drug-likeness (QED) is 0.861. The molecular formula is C21H25NO3. The molecule has 132 valence electrons. The minimum Gasteiger partial charge on any atom is -0.481 e. The van der Waals surface area contributed by atoms with Gasteiger partial charge in [-0.15, -0.1) is 0 Å². The molecule has 3 rings (SSSR count). The van der Waals surface area contributed by atoms with E-state index in [9.17, 15) is 4.79 Å². The lowest BCUT2D eigenvalue weighted by molar-refractivity contribution is -0.122. The third-order valence-electron chi connectivity index (χ3n) is 4.53. The molecule has 1 atom stereocenters. The molecule has 4 nitrogen and oxygen atoms in total. The number of nitrogens with one attached hydrogen (secondary N) is 1. The summed E-state index contributed by atoms with van der Waals surface area (Å²) in [7, 11) is 1.65. The number of hydrogen-bond donors (Lipinski definition) is 1. The molecular weight excluding hydrogens is 314 g/mol. The number of benzene rings is 2. The topological polar surface area (TPSA) is 47.6 Å². The zero-order chi connectivity index (χ0) is 17.6. The minimum absolute atomic E-state index is 0.150. The lowest BCUT2D eigenvalue weighted by Crippen LogP contribution is -2.30. The zero-order valence-corrected chi connectivity index (χ0v) is 14.9. The summed E-state index contributed by atoms with van der Waals surface area (Å²) in [5.74, 6) is 0.691. The molecule has 4 heteroatoms. The average molecular weight is 339 g/mol. The molecule has 0 bridgehead atoms. The molecule has 1 amide bonds. The lowest BCUT2D eigenvalue weighted by Gasteiger charge is -2.22. The van der Waals surface area contributed by atoms with Crippen LogP contribution in [0.2, 0.25) is 0 Å². The Morgan fingerprint density at radius 2 is 1.96 bits per heavy atom. The molecule has 1 aliphatic carbocycles. The van der Waals surface area contributed by atoms with Crippen molar-refractivity contribution in [2.75, 3.05) is 12.4 Å². The molecule has 2 aromatic rings. The van der Waals surface area contributed by atoms with Crippen LogP contribution in [0.3, 0.4) is 0 Å². The highest BCUT2D eigenvalue weighted by Gasteiger charge is 2.19. The SMILES string of the molecule is COCc1cccc(NC(=O)C(C)Oc2cccc3c2CCCC3)c1. The van der Waals surface area contributed by atoms with Crippen molar-refractivity contribution in [3.63, 3.8) is 0 Å². The second-order valence-electron chi connectivity index (χ2n) is 6.48. The zero-order valence-electron chi connectivity index (χ0n) is 14.9. The van der Waals surface area contributed by atoms with Crippen LogP contribution in [0.4, 0.5) is 5.69 Å². The maximum atomic E-state index is 12.5. The Kier molecular flexibility index (Phi) is 5.71. The first-order chi connectivity index (χ1) is 12.2. The molecule has 0 aromatic heterocycles. The molecule has 0 saturated heterocycles. The average Bonchev–Trinajstić information content (AvgIpc) is 2.62. The smallest absolute Gasteiger partial charge is 0.265 e. The number of carbonyl (C=O) groups is 1. The Labute approximate surface area is 149 Å². The molecule has 0 spiro atoms. The van der Waals surface area contributed by atoms with Crippen molar-refractivity contribution in [2.24, 2.45) is 0 Å².